The number of pyridine rings is 1. The van der Waals surface area contributed by atoms with Crippen LogP contribution in [0.5, 0.6) is 0 Å². The van der Waals surface area contributed by atoms with Crippen LogP contribution in [0, 0.1) is 12.7 Å². The van der Waals surface area contributed by atoms with E-state index in [1.165, 1.54) is 33.9 Å². The number of anilines is 1. The van der Waals surface area contributed by atoms with Crippen molar-refractivity contribution in [3.63, 3.8) is 0 Å². The third-order valence-electron chi connectivity index (χ3n) is 12.9. The number of aliphatic hydroxyl groups excluding tert-OH is 1. The van der Waals surface area contributed by atoms with E-state index in [1.807, 2.05) is 32.0 Å². The van der Waals surface area contributed by atoms with Gasteiger partial charge < -0.3 is 29.3 Å². The minimum atomic E-state index is -4.15. The molecule has 2 aliphatic heterocycles. The molecule has 2 N–H and O–H groups in total. The Labute approximate surface area is 358 Å². The van der Waals surface area contributed by atoms with Gasteiger partial charge in [0.2, 0.25) is 5.95 Å². The van der Waals surface area contributed by atoms with E-state index in [0.29, 0.717) is 59.5 Å². The van der Waals surface area contributed by atoms with Crippen LogP contribution in [0.2, 0.25) is 0 Å². The van der Waals surface area contributed by atoms with Crippen LogP contribution in [0.15, 0.2) is 94.9 Å². The lowest BCUT2D eigenvalue weighted by Gasteiger charge is -2.48. The third kappa shape index (κ3) is 7.21. The second-order valence-corrected chi connectivity index (χ2v) is 18.9. The minimum Gasteiger partial charge on any atom is -0.465 e. The Kier molecular flexibility index (Phi) is 10.7. The first-order valence-electron chi connectivity index (χ1n) is 21.1. The molecule has 6 aromatic rings. The fourth-order valence-corrected chi connectivity index (χ4v) is 10.7. The molecule has 14 nitrogen and oxygen atoms in total. The number of hydrogen-bond donors (Lipinski definition) is 2. The summed E-state index contributed by atoms with van der Waals surface area (Å²) < 4.78 is 53.2. The summed E-state index contributed by atoms with van der Waals surface area (Å²) in [4.78, 5) is 42.0. The summed E-state index contributed by atoms with van der Waals surface area (Å²) in [6.45, 7) is 7.57. The Balaban J connectivity index is 1.16. The van der Waals surface area contributed by atoms with Crippen LogP contribution in [0.3, 0.4) is 0 Å². The first-order chi connectivity index (χ1) is 29.7. The number of benzene rings is 3. The SMILES string of the molecule is Cc1ccc(S(=O)(=O)n2ccc3c(-c4ccc5nc(N6CCC(N7C[C@@H](C)N(C(=O)O)C[C@@H]7C)CC6)nc(C(CO)(OC6CC6)c6ccccc6F)c5c4)cn(C)c(=O)c32)cc1. The van der Waals surface area contributed by atoms with Crippen molar-refractivity contribution >= 4 is 43.9 Å². The van der Waals surface area contributed by atoms with Gasteiger partial charge in [-0.05, 0) is 88.4 Å². The molecule has 0 radical (unpaired) electrons. The molecule has 5 heterocycles. The fourth-order valence-electron chi connectivity index (χ4n) is 9.35. The molecule has 3 atom stereocenters. The molecule has 0 bridgehead atoms. The minimum absolute atomic E-state index is 0.0124. The van der Waals surface area contributed by atoms with Gasteiger partial charge in [-0.1, -0.05) is 42.0 Å². The van der Waals surface area contributed by atoms with E-state index in [4.69, 9.17) is 14.7 Å². The van der Waals surface area contributed by atoms with Crippen molar-refractivity contribution in [2.75, 3.05) is 37.7 Å². The lowest BCUT2D eigenvalue weighted by molar-refractivity contribution is -0.0691. The van der Waals surface area contributed by atoms with E-state index in [9.17, 15) is 28.2 Å². The highest BCUT2D eigenvalue weighted by atomic mass is 32.2. The number of aliphatic hydroxyl groups is 1. The largest absolute Gasteiger partial charge is 0.465 e. The lowest BCUT2D eigenvalue weighted by atomic mass is 9.87. The van der Waals surface area contributed by atoms with Crippen molar-refractivity contribution in [3.05, 3.63) is 118 Å². The Bertz CT molecular complexity index is 2870. The standard InChI is InChI=1S/C46H50FN7O7S/c1-28-9-14-34(15-10-28)62(59,60)54-22-19-35-37(26-50(4)43(56)41(35)54)31-11-16-40-36(23-31)42(46(27-55,61-33-12-13-33)38-7-5-6-8-39(38)47)49-44(48-40)51-20-17-32(18-21-51)52-24-30(3)53(45(57)58)25-29(52)2/h5-11,14-16,19,22-23,26,29-30,32-33,55H,12-13,17-18,20-21,24-25,27H2,1-4H3,(H,57,58)/t29-,30+,46?/m0/s1. The molecule has 1 saturated carbocycles. The van der Waals surface area contributed by atoms with Gasteiger partial charge in [0.25, 0.3) is 15.6 Å². The number of piperazine rings is 1. The molecule has 16 heteroatoms. The highest BCUT2D eigenvalue weighted by Gasteiger charge is 2.46. The maximum atomic E-state index is 16.1. The summed E-state index contributed by atoms with van der Waals surface area (Å²) in [7, 11) is -2.57. The summed E-state index contributed by atoms with van der Waals surface area (Å²) in [5.41, 5.74) is 0.789. The molecule has 2 saturated heterocycles. The molecule has 3 aromatic heterocycles. The van der Waals surface area contributed by atoms with Gasteiger partial charge in [-0.3, -0.25) is 9.69 Å². The third-order valence-corrected chi connectivity index (χ3v) is 14.6. The lowest BCUT2D eigenvalue weighted by Crippen LogP contribution is -2.61. The summed E-state index contributed by atoms with van der Waals surface area (Å²) in [5, 5.41) is 22.1. The van der Waals surface area contributed by atoms with Crippen molar-refractivity contribution < 1.29 is 32.6 Å². The molecule has 3 fully saturated rings. The summed E-state index contributed by atoms with van der Waals surface area (Å²) in [5.74, 6) is -0.151. The van der Waals surface area contributed by atoms with E-state index >= 15 is 4.39 Å². The zero-order valence-electron chi connectivity index (χ0n) is 35.1. The molecule has 0 spiro atoms. The molecule has 1 unspecified atom stereocenters. The van der Waals surface area contributed by atoms with Gasteiger partial charge >= 0.3 is 6.09 Å². The normalized spacial score (nSPS) is 20.2. The van der Waals surface area contributed by atoms with Crippen LogP contribution in [0.1, 0.15) is 56.4 Å². The van der Waals surface area contributed by atoms with E-state index in [2.05, 4.69) is 16.7 Å². The van der Waals surface area contributed by atoms with Crippen LogP contribution in [-0.2, 0) is 27.4 Å². The van der Waals surface area contributed by atoms with Gasteiger partial charge in [0.15, 0.2) is 5.60 Å². The number of amides is 1. The van der Waals surface area contributed by atoms with Gasteiger partial charge in [-0.15, -0.1) is 0 Å². The van der Waals surface area contributed by atoms with E-state index in [1.54, 1.807) is 49.6 Å². The topological polar surface area (TPSA) is 163 Å². The molecule has 3 aliphatic rings. The number of aromatic nitrogens is 4. The predicted molar refractivity (Wildman–Crippen MR) is 233 cm³/mol. The van der Waals surface area contributed by atoms with Gasteiger partial charge in [0.1, 0.15) is 11.3 Å². The number of carbonyl (C=O) groups is 1. The molecule has 3 aromatic carbocycles. The average molecular weight is 864 g/mol. The maximum Gasteiger partial charge on any atom is 0.407 e. The molecular weight excluding hydrogens is 814 g/mol. The van der Waals surface area contributed by atoms with Crippen molar-refractivity contribution in [2.24, 2.45) is 7.05 Å². The summed E-state index contributed by atoms with van der Waals surface area (Å²) in [6, 6.07) is 20.0. The van der Waals surface area contributed by atoms with Gasteiger partial charge in [-0.2, -0.15) is 0 Å². The molecule has 1 aliphatic carbocycles. The number of hydrogen-bond acceptors (Lipinski definition) is 10. The monoisotopic (exact) mass is 863 g/mol. The maximum absolute atomic E-state index is 16.1. The fraction of sp³-hybridized carbons (Fsp3) is 0.391. The van der Waals surface area contributed by atoms with E-state index in [-0.39, 0.29) is 45.9 Å². The first kappa shape index (κ1) is 41.7. The van der Waals surface area contributed by atoms with Gasteiger partial charge in [0.05, 0.1) is 28.8 Å². The van der Waals surface area contributed by atoms with Crippen LogP contribution in [0.25, 0.3) is 32.9 Å². The zero-order valence-corrected chi connectivity index (χ0v) is 35.9. The average Bonchev–Trinajstić information content (AvgIpc) is 3.97. The van der Waals surface area contributed by atoms with E-state index < -0.39 is 39.7 Å². The van der Waals surface area contributed by atoms with Crippen molar-refractivity contribution in [3.8, 4) is 11.1 Å². The van der Waals surface area contributed by atoms with Crippen LogP contribution in [-0.4, -0.2) is 110 Å². The molecule has 9 rings (SSSR count). The van der Waals surface area contributed by atoms with Crippen molar-refractivity contribution in [2.45, 2.75) is 81.2 Å². The number of nitrogens with zero attached hydrogens (tertiary/aromatic N) is 7. The number of piperidine rings is 1. The predicted octanol–water partition coefficient (Wildman–Crippen LogP) is 6.09. The zero-order chi connectivity index (χ0) is 43.7. The Morgan fingerprint density at radius 1 is 0.935 bits per heavy atom. The number of rotatable bonds is 10. The first-order valence-corrected chi connectivity index (χ1v) is 22.5. The Morgan fingerprint density at radius 2 is 1.66 bits per heavy atom. The molecule has 1 amide bonds. The highest BCUT2D eigenvalue weighted by molar-refractivity contribution is 7.90. The molecule has 324 valence electrons. The summed E-state index contributed by atoms with van der Waals surface area (Å²) in [6.07, 6.45) is 4.97. The second-order valence-electron chi connectivity index (χ2n) is 17.1. The van der Waals surface area contributed by atoms with Crippen molar-refractivity contribution in [1.82, 2.24) is 28.3 Å². The Hall–Kier alpha value is -5.68. The number of carboxylic acid groups (broad SMARTS) is 1. The van der Waals surface area contributed by atoms with Crippen molar-refractivity contribution in [1.29, 1.82) is 0 Å². The van der Waals surface area contributed by atoms with Crippen LogP contribution in [0.4, 0.5) is 15.1 Å². The highest BCUT2D eigenvalue weighted by Crippen LogP contribution is 2.44. The number of aryl methyl sites for hydroxylation is 2. The molecular formula is C46H50FN7O7S. The van der Waals surface area contributed by atoms with E-state index in [0.717, 1.165) is 35.2 Å². The smallest absolute Gasteiger partial charge is 0.407 e. The van der Waals surface area contributed by atoms with Crippen LogP contribution >= 0.6 is 0 Å². The number of halogens is 1. The second kappa shape index (κ2) is 15.9. The van der Waals surface area contributed by atoms with Crippen LogP contribution < -0.4 is 10.5 Å². The van der Waals surface area contributed by atoms with Gasteiger partial charge in [-0.25, -0.2) is 31.5 Å². The number of fused-ring (bicyclic) bond motifs is 2. The molecule has 62 heavy (non-hydrogen) atoms. The quantitative estimate of drug-likeness (QED) is 0.164. The Morgan fingerprint density at radius 3 is 2.34 bits per heavy atom. The summed E-state index contributed by atoms with van der Waals surface area (Å²) >= 11 is 0. The van der Waals surface area contributed by atoms with Gasteiger partial charge in [0, 0.05) is 85.6 Å². The number of ether oxygens (including phenoxy) is 1.